The van der Waals surface area contributed by atoms with E-state index in [0.29, 0.717) is 5.54 Å². The zero-order valence-corrected chi connectivity index (χ0v) is 10.8. The average molecular weight is 314 g/mol. The Bertz CT molecular complexity index is 349. The molecule has 2 aliphatic heterocycles. The molecule has 2 bridgehead atoms. The maximum atomic E-state index is 3.68. The summed E-state index contributed by atoms with van der Waals surface area (Å²) in [6.07, 6.45) is 2.68. The van der Waals surface area contributed by atoms with Crippen molar-refractivity contribution in [1.29, 1.82) is 0 Å². The molecular weight excluding hydrogens is 299 g/mol. The summed E-state index contributed by atoms with van der Waals surface area (Å²) in [6.45, 7) is 2.34. The van der Waals surface area contributed by atoms with Crippen LogP contribution >= 0.6 is 22.6 Å². The van der Waals surface area contributed by atoms with Gasteiger partial charge in [-0.2, -0.15) is 0 Å². The number of nitrogens with one attached hydrogen (secondary N) is 2. The van der Waals surface area contributed by atoms with Crippen LogP contribution in [0.5, 0.6) is 0 Å². The van der Waals surface area contributed by atoms with Gasteiger partial charge in [0.25, 0.3) is 0 Å². The molecule has 2 heterocycles. The van der Waals surface area contributed by atoms with Crippen LogP contribution in [0.1, 0.15) is 12.8 Å². The molecule has 0 atom stereocenters. The minimum Gasteiger partial charge on any atom is -0.378 e. The number of hydrogen-bond acceptors (Lipinski definition) is 2. The van der Waals surface area contributed by atoms with Crippen LogP contribution in [-0.2, 0) is 0 Å². The number of fused-ring (bicyclic) bond motifs is 2. The molecule has 3 fully saturated rings. The molecule has 0 radical (unpaired) electrons. The minimum atomic E-state index is 0.357. The Morgan fingerprint density at radius 2 is 2.00 bits per heavy atom. The van der Waals surface area contributed by atoms with Gasteiger partial charge in [-0.1, -0.05) is 0 Å². The monoisotopic (exact) mass is 314 g/mol. The van der Waals surface area contributed by atoms with Crippen LogP contribution in [0.2, 0.25) is 0 Å². The van der Waals surface area contributed by atoms with Crippen molar-refractivity contribution in [2.45, 2.75) is 18.4 Å². The van der Waals surface area contributed by atoms with Crippen LogP contribution in [-0.4, -0.2) is 18.6 Å². The van der Waals surface area contributed by atoms with Gasteiger partial charge < -0.3 is 10.6 Å². The van der Waals surface area contributed by atoms with E-state index >= 15 is 0 Å². The molecule has 1 aromatic rings. The molecule has 0 amide bonds. The van der Waals surface area contributed by atoms with E-state index in [-0.39, 0.29) is 0 Å². The first-order valence-electron chi connectivity index (χ1n) is 5.50. The Hall–Kier alpha value is -0.290. The van der Waals surface area contributed by atoms with Gasteiger partial charge in [0.05, 0.1) is 5.54 Å². The second-order valence-corrected chi connectivity index (χ2v) is 6.06. The van der Waals surface area contributed by atoms with E-state index in [1.165, 1.54) is 28.6 Å². The van der Waals surface area contributed by atoms with Crippen molar-refractivity contribution in [3.05, 3.63) is 27.8 Å². The first-order chi connectivity index (χ1) is 7.26. The highest BCUT2D eigenvalue weighted by molar-refractivity contribution is 14.1. The Morgan fingerprint density at radius 1 is 1.27 bits per heavy atom. The van der Waals surface area contributed by atoms with Crippen molar-refractivity contribution >= 4 is 28.3 Å². The first kappa shape index (κ1) is 9.90. The number of halogens is 1. The summed E-state index contributed by atoms with van der Waals surface area (Å²) in [7, 11) is 0. The van der Waals surface area contributed by atoms with Gasteiger partial charge in [0.2, 0.25) is 0 Å². The quantitative estimate of drug-likeness (QED) is 0.820. The fourth-order valence-corrected chi connectivity index (χ4v) is 3.19. The van der Waals surface area contributed by atoms with Crippen LogP contribution in [0.3, 0.4) is 0 Å². The second-order valence-electron chi connectivity index (χ2n) is 4.82. The number of benzene rings is 1. The molecule has 2 saturated heterocycles. The van der Waals surface area contributed by atoms with Gasteiger partial charge in [-0.25, -0.2) is 0 Å². The van der Waals surface area contributed by atoms with E-state index in [1.807, 2.05) is 0 Å². The normalized spacial score (nSPS) is 33.3. The van der Waals surface area contributed by atoms with Crippen LogP contribution in [0.25, 0.3) is 0 Å². The smallest absolute Gasteiger partial charge is 0.0504 e. The highest BCUT2D eigenvalue weighted by atomic mass is 127. The highest BCUT2D eigenvalue weighted by Crippen LogP contribution is 2.42. The molecule has 0 unspecified atom stereocenters. The molecule has 2 nitrogen and oxygen atoms in total. The zero-order chi connectivity index (χ0) is 10.3. The molecule has 15 heavy (non-hydrogen) atoms. The summed E-state index contributed by atoms with van der Waals surface area (Å²) in [5, 5.41) is 7.18. The predicted molar refractivity (Wildman–Crippen MR) is 71.1 cm³/mol. The number of hydrogen-bond donors (Lipinski definition) is 2. The van der Waals surface area contributed by atoms with Gasteiger partial charge in [-0.3, -0.25) is 0 Å². The second kappa shape index (κ2) is 3.63. The van der Waals surface area contributed by atoms with Crippen molar-refractivity contribution < 1.29 is 0 Å². The van der Waals surface area contributed by atoms with Gasteiger partial charge in [0.1, 0.15) is 0 Å². The van der Waals surface area contributed by atoms with Crippen molar-refractivity contribution in [2.75, 3.05) is 18.4 Å². The average Bonchev–Trinajstić information content (AvgIpc) is 2.21. The molecule has 1 aromatic carbocycles. The number of piperidine rings is 2. The maximum Gasteiger partial charge on any atom is 0.0504 e. The van der Waals surface area contributed by atoms with Gasteiger partial charge in [0, 0.05) is 15.8 Å². The summed E-state index contributed by atoms with van der Waals surface area (Å²) < 4.78 is 1.30. The molecule has 3 heteroatoms. The molecule has 4 rings (SSSR count). The Kier molecular flexibility index (Phi) is 2.39. The molecule has 0 spiro atoms. The summed E-state index contributed by atoms with van der Waals surface area (Å²) in [5.74, 6) is 0.912. The van der Waals surface area contributed by atoms with Crippen molar-refractivity contribution in [3.8, 4) is 0 Å². The van der Waals surface area contributed by atoms with Gasteiger partial charge >= 0.3 is 0 Å². The molecule has 2 N–H and O–H groups in total. The van der Waals surface area contributed by atoms with Crippen molar-refractivity contribution in [2.24, 2.45) is 5.92 Å². The number of anilines is 1. The topological polar surface area (TPSA) is 24.1 Å². The van der Waals surface area contributed by atoms with Gasteiger partial charge in [0.15, 0.2) is 0 Å². The lowest BCUT2D eigenvalue weighted by Crippen LogP contribution is -2.63. The van der Waals surface area contributed by atoms with Gasteiger partial charge in [-0.15, -0.1) is 0 Å². The number of rotatable bonds is 2. The van der Waals surface area contributed by atoms with E-state index in [9.17, 15) is 0 Å². The fourth-order valence-electron chi connectivity index (χ4n) is 2.84. The van der Waals surface area contributed by atoms with Crippen molar-refractivity contribution in [1.82, 2.24) is 5.32 Å². The SMILES string of the molecule is Ic1ccc(NC23CNCC(C2)C3)cc1. The first-order valence-corrected chi connectivity index (χ1v) is 6.58. The lowest BCUT2D eigenvalue weighted by molar-refractivity contribution is 0.116. The minimum absolute atomic E-state index is 0.357. The van der Waals surface area contributed by atoms with E-state index in [0.717, 1.165) is 12.5 Å². The predicted octanol–water partition coefficient (Wildman–Crippen LogP) is 2.46. The van der Waals surface area contributed by atoms with E-state index in [1.54, 1.807) is 0 Å². The molecule has 3 aliphatic rings. The largest absolute Gasteiger partial charge is 0.378 e. The summed E-state index contributed by atoms with van der Waals surface area (Å²) in [6, 6.07) is 8.68. The Morgan fingerprint density at radius 3 is 2.60 bits per heavy atom. The highest BCUT2D eigenvalue weighted by Gasteiger charge is 2.46. The molecule has 1 aliphatic carbocycles. The van der Waals surface area contributed by atoms with Crippen LogP contribution < -0.4 is 10.6 Å². The molecule has 1 saturated carbocycles. The lowest BCUT2D eigenvalue weighted by atomic mass is 9.65. The standard InChI is InChI=1S/C12H15IN2/c13-10-1-3-11(4-2-10)15-12-5-9(6-12)7-14-8-12/h1-4,9,14-15H,5-8H2. The third-order valence-corrected chi connectivity index (χ3v) is 4.23. The zero-order valence-electron chi connectivity index (χ0n) is 8.59. The van der Waals surface area contributed by atoms with Gasteiger partial charge in [-0.05, 0) is 72.2 Å². The van der Waals surface area contributed by atoms with E-state index < -0.39 is 0 Å². The molecular formula is C12H15IN2. The maximum absolute atomic E-state index is 3.68. The third kappa shape index (κ3) is 1.87. The molecule has 0 aromatic heterocycles. The summed E-state index contributed by atoms with van der Waals surface area (Å²) >= 11 is 2.34. The van der Waals surface area contributed by atoms with Crippen LogP contribution in [0.15, 0.2) is 24.3 Å². The third-order valence-electron chi connectivity index (χ3n) is 3.51. The summed E-state index contributed by atoms with van der Waals surface area (Å²) in [5.41, 5.74) is 1.62. The summed E-state index contributed by atoms with van der Waals surface area (Å²) in [4.78, 5) is 0. The Balaban J connectivity index is 1.72. The van der Waals surface area contributed by atoms with E-state index in [2.05, 4.69) is 57.5 Å². The fraction of sp³-hybridized carbons (Fsp3) is 0.500. The van der Waals surface area contributed by atoms with Crippen LogP contribution in [0.4, 0.5) is 5.69 Å². The Labute approximate surface area is 104 Å². The molecule has 80 valence electrons. The van der Waals surface area contributed by atoms with Crippen LogP contribution in [0, 0.1) is 9.49 Å². The lowest BCUT2D eigenvalue weighted by Gasteiger charge is -2.53. The van der Waals surface area contributed by atoms with Crippen molar-refractivity contribution in [3.63, 3.8) is 0 Å². The van der Waals surface area contributed by atoms with E-state index in [4.69, 9.17) is 0 Å².